The monoisotopic (exact) mass is 264 g/mol. The van der Waals surface area contributed by atoms with Crippen molar-refractivity contribution >= 4 is 17.3 Å². The van der Waals surface area contributed by atoms with Crippen LogP contribution in [0.1, 0.15) is 32.8 Å². The smallest absolute Gasteiger partial charge is 0.221 e. The number of rotatable bonds is 6. The van der Waals surface area contributed by atoms with Gasteiger partial charge in [-0.15, -0.1) is 0 Å². The molecular formula is C15H24N2O2. The Morgan fingerprint density at radius 3 is 2.63 bits per heavy atom. The molecule has 0 aliphatic rings. The zero-order valence-corrected chi connectivity index (χ0v) is 12.5. The summed E-state index contributed by atoms with van der Waals surface area (Å²) in [5.41, 5.74) is 2.88. The van der Waals surface area contributed by atoms with E-state index in [4.69, 9.17) is 4.74 Å². The molecule has 0 saturated heterocycles. The molecular weight excluding hydrogens is 240 g/mol. The molecule has 4 heteroatoms. The Labute approximate surface area is 115 Å². The summed E-state index contributed by atoms with van der Waals surface area (Å²) in [6.07, 6.45) is 0.910. The predicted molar refractivity (Wildman–Crippen MR) is 79.7 cm³/mol. The lowest BCUT2D eigenvalue weighted by Gasteiger charge is -2.23. The highest BCUT2D eigenvalue weighted by Crippen LogP contribution is 2.21. The summed E-state index contributed by atoms with van der Waals surface area (Å²) in [4.78, 5) is 11.0. The van der Waals surface area contributed by atoms with Gasteiger partial charge >= 0.3 is 0 Å². The first-order chi connectivity index (χ1) is 8.84. The Morgan fingerprint density at radius 1 is 1.37 bits per heavy atom. The van der Waals surface area contributed by atoms with Crippen LogP contribution in [0.25, 0.3) is 0 Å². The number of ether oxygens (including phenoxy) is 1. The van der Waals surface area contributed by atoms with Crippen molar-refractivity contribution in [2.24, 2.45) is 0 Å². The number of carbonyl (C=O) groups excluding carboxylic acids is 1. The first kappa shape index (κ1) is 15.5. The van der Waals surface area contributed by atoms with Crippen molar-refractivity contribution in [3.63, 3.8) is 0 Å². The Balaban J connectivity index is 2.64. The van der Waals surface area contributed by atoms with Crippen LogP contribution in [-0.4, -0.2) is 25.2 Å². The normalized spacial score (nSPS) is 11.2. The second-order valence-electron chi connectivity index (χ2n) is 5.35. The van der Waals surface area contributed by atoms with Crippen molar-refractivity contribution in [1.82, 2.24) is 0 Å². The van der Waals surface area contributed by atoms with Crippen LogP contribution in [0, 0.1) is 6.92 Å². The lowest BCUT2D eigenvalue weighted by atomic mass is 10.1. The molecule has 1 aromatic rings. The molecule has 0 saturated carbocycles. The molecule has 19 heavy (non-hydrogen) atoms. The molecule has 0 unspecified atom stereocenters. The predicted octanol–water partition coefficient (Wildman–Crippen LogP) is 3.18. The minimum Gasteiger partial charge on any atom is -0.385 e. The summed E-state index contributed by atoms with van der Waals surface area (Å²) in [5, 5.41) is 6.17. The van der Waals surface area contributed by atoms with Crippen LogP contribution < -0.4 is 10.6 Å². The summed E-state index contributed by atoms with van der Waals surface area (Å²) in [6, 6.07) is 5.85. The fourth-order valence-corrected chi connectivity index (χ4v) is 1.69. The third kappa shape index (κ3) is 5.30. The van der Waals surface area contributed by atoms with Gasteiger partial charge < -0.3 is 15.4 Å². The zero-order valence-electron chi connectivity index (χ0n) is 12.5. The van der Waals surface area contributed by atoms with Crippen molar-refractivity contribution in [1.29, 1.82) is 0 Å². The van der Waals surface area contributed by atoms with Crippen molar-refractivity contribution in [2.45, 2.75) is 39.7 Å². The van der Waals surface area contributed by atoms with Crippen molar-refractivity contribution in [3.8, 4) is 0 Å². The van der Waals surface area contributed by atoms with Gasteiger partial charge in [0.1, 0.15) is 0 Å². The van der Waals surface area contributed by atoms with Crippen LogP contribution >= 0.6 is 0 Å². The first-order valence-electron chi connectivity index (χ1n) is 6.51. The van der Waals surface area contributed by atoms with Gasteiger partial charge in [-0.3, -0.25) is 4.79 Å². The van der Waals surface area contributed by atoms with Gasteiger partial charge in [0.15, 0.2) is 0 Å². The zero-order chi connectivity index (χ0) is 14.5. The van der Waals surface area contributed by atoms with Crippen molar-refractivity contribution in [2.75, 3.05) is 24.3 Å². The largest absolute Gasteiger partial charge is 0.385 e. The maximum Gasteiger partial charge on any atom is 0.221 e. The molecule has 1 aromatic carbocycles. The summed E-state index contributed by atoms with van der Waals surface area (Å²) in [7, 11) is 1.72. The van der Waals surface area contributed by atoms with Crippen molar-refractivity contribution < 1.29 is 9.53 Å². The van der Waals surface area contributed by atoms with Crippen LogP contribution in [0.4, 0.5) is 11.4 Å². The molecule has 2 N–H and O–H groups in total. The van der Waals surface area contributed by atoms with Crippen molar-refractivity contribution in [3.05, 3.63) is 23.8 Å². The second kappa shape index (κ2) is 6.57. The van der Waals surface area contributed by atoms with Crippen LogP contribution in [0.3, 0.4) is 0 Å². The van der Waals surface area contributed by atoms with E-state index < -0.39 is 0 Å². The third-order valence-electron chi connectivity index (χ3n) is 3.15. The van der Waals surface area contributed by atoms with Crippen LogP contribution in [0.2, 0.25) is 0 Å². The van der Waals surface area contributed by atoms with E-state index in [2.05, 4.69) is 24.5 Å². The Hall–Kier alpha value is -1.55. The molecule has 0 atom stereocenters. The number of aryl methyl sites for hydroxylation is 1. The SMILES string of the molecule is COC(C)(C)CCNc1cc(NC(C)=O)ccc1C. The van der Waals surface area contributed by atoms with E-state index in [9.17, 15) is 4.79 Å². The number of amides is 1. The summed E-state index contributed by atoms with van der Waals surface area (Å²) in [5.74, 6) is -0.0599. The third-order valence-corrected chi connectivity index (χ3v) is 3.15. The highest BCUT2D eigenvalue weighted by Gasteiger charge is 2.15. The Kier molecular flexibility index (Phi) is 5.36. The minimum absolute atomic E-state index is 0.0599. The molecule has 0 aromatic heterocycles. The number of carbonyl (C=O) groups is 1. The fraction of sp³-hybridized carbons (Fsp3) is 0.533. The van der Waals surface area contributed by atoms with Gasteiger partial charge in [-0.05, 0) is 44.9 Å². The molecule has 0 spiro atoms. The number of hydrogen-bond donors (Lipinski definition) is 2. The van der Waals surface area contributed by atoms with Gasteiger partial charge in [0.2, 0.25) is 5.91 Å². The molecule has 0 aliphatic carbocycles. The molecule has 0 aliphatic heterocycles. The van der Waals surface area contributed by atoms with E-state index in [-0.39, 0.29) is 11.5 Å². The van der Waals surface area contributed by atoms with Crippen LogP contribution in [-0.2, 0) is 9.53 Å². The van der Waals surface area contributed by atoms with E-state index >= 15 is 0 Å². The highest BCUT2D eigenvalue weighted by molar-refractivity contribution is 5.89. The number of hydrogen-bond acceptors (Lipinski definition) is 3. The van der Waals surface area contributed by atoms with E-state index in [0.717, 1.165) is 29.9 Å². The van der Waals surface area contributed by atoms with Gasteiger partial charge in [-0.1, -0.05) is 6.07 Å². The van der Waals surface area contributed by atoms with E-state index in [1.807, 2.05) is 25.1 Å². The van der Waals surface area contributed by atoms with E-state index in [1.54, 1.807) is 7.11 Å². The molecule has 0 fully saturated rings. The molecule has 106 valence electrons. The number of benzene rings is 1. The van der Waals surface area contributed by atoms with Crippen LogP contribution in [0.5, 0.6) is 0 Å². The topological polar surface area (TPSA) is 50.4 Å². The molecule has 1 rings (SSSR count). The standard InChI is InChI=1S/C15H24N2O2/c1-11-6-7-13(17-12(2)18)10-14(11)16-9-8-15(3,4)19-5/h6-7,10,16H,8-9H2,1-5H3,(H,17,18). The van der Waals surface area contributed by atoms with Gasteiger partial charge in [0.25, 0.3) is 0 Å². The lowest BCUT2D eigenvalue weighted by molar-refractivity contribution is -0.114. The highest BCUT2D eigenvalue weighted by atomic mass is 16.5. The summed E-state index contributed by atoms with van der Waals surface area (Å²) < 4.78 is 5.39. The average Bonchev–Trinajstić information content (AvgIpc) is 2.32. The van der Waals surface area contributed by atoms with Gasteiger partial charge in [0.05, 0.1) is 5.60 Å². The summed E-state index contributed by atoms with van der Waals surface area (Å²) in [6.45, 7) is 8.51. The fourth-order valence-electron chi connectivity index (χ4n) is 1.69. The average molecular weight is 264 g/mol. The van der Waals surface area contributed by atoms with E-state index in [0.29, 0.717) is 0 Å². The maximum atomic E-state index is 11.0. The van der Waals surface area contributed by atoms with Gasteiger partial charge in [-0.25, -0.2) is 0 Å². The number of methoxy groups -OCH3 is 1. The molecule has 0 radical (unpaired) electrons. The lowest BCUT2D eigenvalue weighted by Crippen LogP contribution is -2.25. The van der Waals surface area contributed by atoms with Crippen LogP contribution in [0.15, 0.2) is 18.2 Å². The number of nitrogens with one attached hydrogen (secondary N) is 2. The Morgan fingerprint density at radius 2 is 2.05 bits per heavy atom. The minimum atomic E-state index is -0.129. The molecule has 4 nitrogen and oxygen atoms in total. The molecule has 0 heterocycles. The molecule has 0 bridgehead atoms. The first-order valence-corrected chi connectivity index (χ1v) is 6.51. The van der Waals surface area contributed by atoms with E-state index in [1.165, 1.54) is 6.92 Å². The quantitative estimate of drug-likeness (QED) is 0.829. The summed E-state index contributed by atoms with van der Waals surface area (Å²) >= 11 is 0. The maximum absolute atomic E-state index is 11.0. The Bertz CT molecular complexity index is 442. The van der Waals surface area contributed by atoms with Gasteiger partial charge in [0, 0.05) is 32.0 Å². The van der Waals surface area contributed by atoms with Gasteiger partial charge in [-0.2, -0.15) is 0 Å². The second-order valence-corrected chi connectivity index (χ2v) is 5.35. The number of anilines is 2. The molecule has 1 amide bonds.